The lowest BCUT2D eigenvalue weighted by atomic mass is 10.2. The summed E-state index contributed by atoms with van der Waals surface area (Å²) >= 11 is 0. The molecule has 0 aromatic carbocycles. The first-order valence-corrected chi connectivity index (χ1v) is 7.97. The zero-order valence-electron chi connectivity index (χ0n) is 11.1. The summed E-state index contributed by atoms with van der Waals surface area (Å²) < 4.78 is 31.0. The normalized spacial score (nSPS) is 20.1. The molecule has 1 aliphatic rings. The van der Waals surface area contributed by atoms with Gasteiger partial charge in [0.05, 0.1) is 18.5 Å². The minimum atomic E-state index is -3.17. The Kier molecular flexibility index (Phi) is 9.15. The summed E-state index contributed by atoms with van der Waals surface area (Å²) in [5.74, 6) is 0.0449. The summed E-state index contributed by atoms with van der Waals surface area (Å²) in [6.07, 6.45) is 3.29. The predicted octanol–water partition coefficient (Wildman–Crippen LogP) is 0.895. The molecule has 1 fully saturated rings. The lowest BCUT2D eigenvalue weighted by Crippen LogP contribution is -2.33. The van der Waals surface area contributed by atoms with Crippen LogP contribution >= 0.6 is 12.4 Å². The smallest absolute Gasteiger partial charge is 0.213 e. The second kappa shape index (κ2) is 9.09. The fourth-order valence-electron chi connectivity index (χ4n) is 1.86. The molecule has 7 heteroatoms. The maximum absolute atomic E-state index is 11.6. The SMILES string of the molecule is CC(C)OCCS(=O)(=O)NCC[C@H]1CCCN1.Cl. The molecule has 0 radical (unpaired) electrons. The summed E-state index contributed by atoms with van der Waals surface area (Å²) in [5.41, 5.74) is 0. The predicted molar refractivity (Wildman–Crippen MR) is 75.8 cm³/mol. The second-order valence-corrected chi connectivity index (χ2v) is 6.64. The highest BCUT2D eigenvalue weighted by atomic mass is 35.5. The molecule has 0 aromatic heterocycles. The first-order chi connectivity index (χ1) is 7.99. The van der Waals surface area contributed by atoms with E-state index in [1.165, 1.54) is 6.42 Å². The Bertz CT molecular complexity index is 303. The van der Waals surface area contributed by atoms with Gasteiger partial charge < -0.3 is 10.1 Å². The number of hydrogen-bond donors (Lipinski definition) is 2. The molecule has 0 aromatic rings. The van der Waals surface area contributed by atoms with E-state index in [4.69, 9.17) is 4.74 Å². The molecule has 0 unspecified atom stereocenters. The van der Waals surface area contributed by atoms with Crippen LogP contribution in [0.1, 0.15) is 33.1 Å². The molecule has 110 valence electrons. The molecule has 1 atom stereocenters. The maximum atomic E-state index is 11.6. The summed E-state index contributed by atoms with van der Waals surface area (Å²) in [6.45, 7) is 5.62. The molecule has 1 saturated heterocycles. The van der Waals surface area contributed by atoms with Gasteiger partial charge in [-0.3, -0.25) is 0 Å². The van der Waals surface area contributed by atoms with Crippen molar-refractivity contribution in [1.82, 2.24) is 10.0 Å². The van der Waals surface area contributed by atoms with Gasteiger partial charge >= 0.3 is 0 Å². The highest BCUT2D eigenvalue weighted by molar-refractivity contribution is 7.89. The van der Waals surface area contributed by atoms with Crippen molar-refractivity contribution >= 4 is 22.4 Å². The lowest BCUT2D eigenvalue weighted by Gasteiger charge is -2.12. The van der Waals surface area contributed by atoms with E-state index in [0.29, 0.717) is 12.6 Å². The third-order valence-electron chi connectivity index (χ3n) is 2.78. The van der Waals surface area contributed by atoms with Crippen LogP contribution in [0.2, 0.25) is 0 Å². The topological polar surface area (TPSA) is 67.4 Å². The number of hydrogen-bond acceptors (Lipinski definition) is 4. The van der Waals surface area contributed by atoms with Gasteiger partial charge in [0.2, 0.25) is 10.0 Å². The second-order valence-electron chi connectivity index (χ2n) is 4.71. The average Bonchev–Trinajstić information content (AvgIpc) is 2.69. The van der Waals surface area contributed by atoms with Crippen molar-refractivity contribution in [3.05, 3.63) is 0 Å². The highest BCUT2D eigenvalue weighted by Gasteiger charge is 2.15. The fourth-order valence-corrected chi connectivity index (χ4v) is 2.75. The van der Waals surface area contributed by atoms with Crippen molar-refractivity contribution in [2.75, 3.05) is 25.4 Å². The molecule has 0 aliphatic carbocycles. The molecule has 0 saturated carbocycles. The van der Waals surface area contributed by atoms with Gasteiger partial charge in [-0.15, -0.1) is 12.4 Å². The van der Waals surface area contributed by atoms with Crippen LogP contribution in [0.4, 0.5) is 0 Å². The maximum Gasteiger partial charge on any atom is 0.213 e. The third kappa shape index (κ3) is 8.26. The van der Waals surface area contributed by atoms with Crippen LogP contribution < -0.4 is 10.0 Å². The summed E-state index contributed by atoms with van der Waals surface area (Å²) in [4.78, 5) is 0. The standard InChI is InChI=1S/C11H24N2O3S.ClH/c1-10(2)16-8-9-17(14,15)13-7-5-11-4-3-6-12-11;/h10-13H,3-9H2,1-2H3;1H/t11-;/m1./s1. The number of nitrogens with one attached hydrogen (secondary N) is 2. The van der Waals surface area contributed by atoms with E-state index in [1.54, 1.807) is 0 Å². The van der Waals surface area contributed by atoms with Crippen molar-refractivity contribution in [1.29, 1.82) is 0 Å². The van der Waals surface area contributed by atoms with Gasteiger partial charge in [-0.1, -0.05) is 0 Å². The van der Waals surface area contributed by atoms with Crippen molar-refractivity contribution in [3.8, 4) is 0 Å². The van der Waals surface area contributed by atoms with E-state index in [-0.39, 0.29) is 30.9 Å². The van der Waals surface area contributed by atoms with Crippen molar-refractivity contribution < 1.29 is 13.2 Å². The fraction of sp³-hybridized carbons (Fsp3) is 1.00. The summed E-state index contributed by atoms with van der Waals surface area (Å²) in [7, 11) is -3.17. The molecule has 18 heavy (non-hydrogen) atoms. The van der Waals surface area contributed by atoms with E-state index in [0.717, 1.165) is 19.4 Å². The molecular weight excluding hydrogens is 276 g/mol. The van der Waals surface area contributed by atoms with E-state index < -0.39 is 10.0 Å². The molecule has 5 nitrogen and oxygen atoms in total. The summed E-state index contributed by atoms with van der Waals surface area (Å²) in [6, 6.07) is 0.476. The van der Waals surface area contributed by atoms with E-state index >= 15 is 0 Å². The van der Waals surface area contributed by atoms with Crippen molar-refractivity contribution in [2.45, 2.75) is 45.3 Å². The molecule has 1 rings (SSSR count). The van der Waals surface area contributed by atoms with Crippen LogP contribution in [0.25, 0.3) is 0 Å². The molecule has 2 N–H and O–H groups in total. The molecule has 0 bridgehead atoms. The molecule has 1 aliphatic heterocycles. The number of halogens is 1. The first-order valence-electron chi connectivity index (χ1n) is 6.32. The van der Waals surface area contributed by atoms with Gasteiger partial charge in [0.25, 0.3) is 0 Å². The highest BCUT2D eigenvalue weighted by Crippen LogP contribution is 2.07. The lowest BCUT2D eigenvalue weighted by molar-refractivity contribution is 0.0911. The summed E-state index contributed by atoms with van der Waals surface area (Å²) in [5, 5.41) is 3.34. The minimum absolute atomic E-state index is 0. The first kappa shape index (κ1) is 18.1. The number of ether oxygens (including phenoxy) is 1. The van der Waals surface area contributed by atoms with Gasteiger partial charge in [-0.2, -0.15) is 0 Å². The molecule has 0 amide bonds. The zero-order valence-corrected chi connectivity index (χ0v) is 12.8. The minimum Gasteiger partial charge on any atom is -0.378 e. The Morgan fingerprint density at radius 2 is 2.17 bits per heavy atom. The van der Waals surface area contributed by atoms with Crippen molar-refractivity contribution in [2.24, 2.45) is 0 Å². The van der Waals surface area contributed by atoms with Crippen LogP contribution in [-0.4, -0.2) is 46.0 Å². The molecular formula is C11H25ClN2O3S. The molecule has 0 spiro atoms. The Hall–Kier alpha value is 0.120. The average molecular weight is 301 g/mol. The van der Waals surface area contributed by atoms with Crippen LogP contribution in [0.15, 0.2) is 0 Å². The zero-order chi connectivity index (χ0) is 12.7. The van der Waals surface area contributed by atoms with E-state index in [2.05, 4.69) is 10.0 Å². The Morgan fingerprint density at radius 3 is 2.72 bits per heavy atom. The van der Waals surface area contributed by atoms with Crippen molar-refractivity contribution in [3.63, 3.8) is 0 Å². The van der Waals surface area contributed by atoms with Crippen LogP contribution in [0.5, 0.6) is 0 Å². The van der Waals surface area contributed by atoms with E-state index in [1.807, 2.05) is 13.8 Å². The molecule has 1 heterocycles. The van der Waals surface area contributed by atoms with Crippen LogP contribution in [0.3, 0.4) is 0 Å². The van der Waals surface area contributed by atoms with Gasteiger partial charge in [0, 0.05) is 12.6 Å². The van der Waals surface area contributed by atoms with Crippen LogP contribution in [0, 0.1) is 0 Å². The third-order valence-corrected chi connectivity index (χ3v) is 4.13. The van der Waals surface area contributed by atoms with Gasteiger partial charge in [0.1, 0.15) is 0 Å². The van der Waals surface area contributed by atoms with Crippen LogP contribution in [-0.2, 0) is 14.8 Å². The Morgan fingerprint density at radius 1 is 1.44 bits per heavy atom. The van der Waals surface area contributed by atoms with Gasteiger partial charge in [-0.25, -0.2) is 13.1 Å². The number of rotatable bonds is 8. The number of sulfonamides is 1. The quantitative estimate of drug-likeness (QED) is 0.699. The largest absolute Gasteiger partial charge is 0.378 e. The van der Waals surface area contributed by atoms with Gasteiger partial charge in [0.15, 0.2) is 0 Å². The Labute approximate surface area is 117 Å². The van der Waals surface area contributed by atoms with E-state index in [9.17, 15) is 8.42 Å². The van der Waals surface area contributed by atoms with Gasteiger partial charge in [-0.05, 0) is 39.7 Å². The Balaban J connectivity index is 0.00000289. The monoisotopic (exact) mass is 300 g/mol.